The SMILES string of the molecule is COCCNC(=O)N1CCC(C(F)(F)[C@H](O)c2c(N)c(C=N)cc3c2CC3)CC1. The number of likely N-dealkylation sites (tertiary alicyclic amines) is 1. The Balaban J connectivity index is 1.70. The maximum Gasteiger partial charge on any atom is 0.317 e. The summed E-state index contributed by atoms with van der Waals surface area (Å²) in [6.45, 7) is 1.13. The Labute approximate surface area is 168 Å². The fourth-order valence-corrected chi connectivity index (χ4v) is 4.13. The Hall–Kier alpha value is -2.26. The number of nitrogens with zero attached hydrogens (tertiary/aromatic N) is 1. The maximum atomic E-state index is 15.2. The standard InChI is InChI=1S/C20H28F2N4O3/c1-29-9-6-25-19(28)26-7-4-14(5-8-26)20(21,22)18(27)16-15-3-2-12(15)10-13(11-23)17(16)24/h10-11,14,18,23,27H,2-9,24H2,1H3,(H,25,28)/t18-/m1/s1. The molecule has 5 N–H and O–H groups in total. The van der Waals surface area contributed by atoms with Crippen molar-refractivity contribution in [3.63, 3.8) is 0 Å². The molecule has 1 saturated heterocycles. The lowest BCUT2D eigenvalue weighted by Crippen LogP contribution is -2.49. The lowest BCUT2D eigenvalue weighted by Gasteiger charge is -2.39. The Morgan fingerprint density at radius 1 is 1.48 bits per heavy atom. The van der Waals surface area contributed by atoms with E-state index in [4.69, 9.17) is 15.9 Å². The van der Waals surface area contributed by atoms with Gasteiger partial charge in [0.05, 0.1) is 6.61 Å². The average Bonchev–Trinajstić information content (AvgIpc) is 2.70. The second kappa shape index (κ2) is 8.62. The van der Waals surface area contributed by atoms with Gasteiger partial charge in [-0.3, -0.25) is 0 Å². The van der Waals surface area contributed by atoms with E-state index in [9.17, 15) is 9.90 Å². The Morgan fingerprint density at radius 2 is 2.17 bits per heavy atom. The van der Waals surface area contributed by atoms with Gasteiger partial charge >= 0.3 is 6.03 Å². The molecular formula is C20H28F2N4O3. The summed E-state index contributed by atoms with van der Waals surface area (Å²) in [6, 6.07) is 1.43. The third-order valence-corrected chi connectivity index (χ3v) is 5.99. The first-order valence-corrected chi connectivity index (χ1v) is 9.83. The number of carbonyl (C=O) groups is 1. The predicted octanol–water partition coefficient (Wildman–Crippen LogP) is 2.10. The molecule has 7 nitrogen and oxygen atoms in total. The maximum absolute atomic E-state index is 15.2. The van der Waals surface area contributed by atoms with E-state index in [1.807, 2.05) is 0 Å². The highest BCUT2D eigenvalue weighted by Crippen LogP contribution is 2.47. The second-order valence-corrected chi connectivity index (χ2v) is 7.64. The topological polar surface area (TPSA) is 112 Å². The van der Waals surface area contributed by atoms with Crippen molar-refractivity contribution in [1.82, 2.24) is 10.2 Å². The van der Waals surface area contributed by atoms with E-state index < -0.39 is 17.9 Å². The summed E-state index contributed by atoms with van der Waals surface area (Å²) in [5.41, 5.74) is 8.05. The number of urea groups is 1. The summed E-state index contributed by atoms with van der Waals surface area (Å²) in [5.74, 6) is -4.43. The average molecular weight is 410 g/mol. The molecule has 0 aromatic heterocycles. The summed E-state index contributed by atoms with van der Waals surface area (Å²) in [6.07, 6.45) is 0.521. The van der Waals surface area contributed by atoms with Gasteiger partial charge in [-0.05, 0) is 42.9 Å². The highest BCUT2D eigenvalue weighted by Gasteiger charge is 2.50. The Morgan fingerprint density at radius 3 is 2.72 bits per heavy atom. The summed E-state index contributed by atoms with van der Waals surface area (Å²) < 4.78 is 35.3. The zero-order chi connectivity index (χ0) is 21.2. The molecule has 0 saturated carbocycles. The number of nitrogen functional groups attached to an aromatic ring is 1. The highest BCUT2D eigenvalue weighted by atomic mass is 19.3. The van der Waals surface area contributed by atoms with Gasteiger partial charge in [-0.15, -0.1) is 0 Å². The van der Waals surface area contributed by atoms with Gasteiger partial charge < -0.3 is 31.2 Å². The molecule has 3 rings (SSSR count). The molecule has 1 heterocycles. The molecule has 160 valence electrons. The van der Waals surface area contributed by atoms with Gasteiger partial charge in [0.15, 0.2) is 0 Å². The summed E-state index contributed by atoms with van der Waals surface area (Å²) in [5, 5.41) is 20.8. The van der Waals surface area contributed by atoms with Gasteiger partial charge in [-0.1, -0.05) is 0 Å². The van der Waals surface area contributed by atoms with Crippen LogP contribution in [0, 0.1) is 11.3 Å². The number of ether oxygens (including phenoxy) is 1. The molecule has 1 aromatic carbocycles. The van der Waals surface area contributed by atoms with Crippen LogP contribution in [0.2, 0.25) is 0 Å². The highest BCUT2D eigenvalue weighted by molar-refractivity contribution is 5.88. The van der Waals surface area contributed by atoms with Gasteiger partial charge in [-0.2, -0.15) is 0 Å². The molecular weight excluding hydrogens is 382 g/mol. The molecule has 1 aromatic rings. The number of benzene rings is 1. The van der Waals surface area contributed by atoms with Crippen LogP contribution >= 0.6 is 0 Å². The third-order valence-electron chi connectivity index (χ3n) is 5.99. The first-order valence-electron chi connectivity index (χ1n) is 9.83. The quantitative estimate of drug-likeness (QED) is 0.313. The fourth-order valence-electron chi connectivity index (χ4n) is 4.13. The molecule has 9 heteroatoms. The number of halogens is 2. The van der Waals surface area contributed by atoms with Crippen LogP contribution in [0.15, 0.2) is 6.07 Å². The number of rotatable bonds is 7. The van der Waals surface area contributed by atoms with Gasteiger partial charge in [0.25, 0.3) is 5.92 Å². The zero-order valence-corrected chi connectivity index (χ0v) is 16.5. The van der Waals surface area contributed by atoms with E-state index in [2.05, 4.69) is 5.32 Å². The largest absolute Gasteiger partial charge is 0.398 e. The van der Waals surface area contributed by atoms with Gasteiger partial charge in [0.2, 0.25) is 0 Å². The number of aliphatic hydroxyl groups is 1. The first-order chi connectivity index (χ1) is 13.8. The summed E-state index contributed by atoms with van der Waals surface area (Å²) in [7, 11) is 1.53. The Kier molecular flexibility index (Phi) is 6.38. The number of alkyl halides is 2. The number of piperidine rings is 1. The lowest BCUT2D eigenvalue weighted by molar-refractivity contribution is -0.159. The molecule has 0 unspecified atom stereocenters. The van der Waals surface area contributed by atoms with Crippen molar-refractivity contribution < 1.29 is 23.4 Å². The number of anilines is 1. The number of hydrogen-bond acceptors (Lipinski definition) is 5. The monoisotopic (exact) mass is 410 g/mol. The number of amides is 2. The molecule has 1 fully saturated rings. The van der Waals surface area contributed by atoms with E-state index in [0.29, 0.717) is 30.7 Å². The lowest BCUT2D eigenvalue weighted by atomic mass is 9.77. The van der Waals surface area contributed by atoms with Crippen LogP contribution in [0.25, 0.3) is 0 Å². The number of methoxy groups -OCH3 is 1. The van der Waals surface area contributed by atoms with Crippen molar-refractivity contribution in [2.45, 2.75) is 37.7 Å². The van der Waals surface area contributed by atoms with Crippen molar-refractivity contribution in [1.29, 1.82) is 5.41 Å². The molecule has 29 heavy (non-hydrogen) atoms. The van der Waals surface area contributed by atoms with E-state index in [1.54, 1.807) is 6.07 Å². The van der Waals surface area contributed by atoms with Crippen molar-refractivity contribution >= 4 is 17.9 Å². The molecule has 1 aliphatic carbocycles. The van der Waals surface area contributed by atoms with Crippen LogP contribution in [0.3, 0.4) is 0 Å². The number of aliphatic hydroxyl groups excluding tert-OH is 1. The van der Waals surface area contributed by atoms with Crippen LogP contribution in [0.5, 0.6) is 0 Å². The van der Waals surface area contributed by atoms with Crippen molar-refractivity contribution in [3.8, 4) is 0 Å². The van der Waals surface area contributed by atoms with Crippen LogP contribution in [0.4, 0.5) is 19.3 Å². The van der Waals surface area contributed by atoms with Crippen molar-refractivity contribution in [2.75, 3.05) is 39.1 Å². The first kappa shape index (κ1) is 21.4. The molecule has 1 atom stereocenters. The van der Waals surface area contributed by atoms with Crippen molar-refractivity contribution in [2.24, 2.45) is 5.92 Å². The fraction of sp³-hybridized carbons (Fsp3) is 0.600. The van der Waals surface area contributed by atoms with Crippen LogP contribution in [-0.4, -0.2) is 61.5 Å². The Bertz CT molecular complexity index is 779. The predicted molar refractivity (Wildman–Crippen MR) is 106 cm³/mol. The van der Waals surface area contributed by atoms with Crippen LogP contribution in [-0.2, 0) is 17.6 Å². The van der Waals surface area contributed by atoms with Crippen LogP contribution in [0.1, 0.15) is 41.2 Å². The number of carbonyl (C=O) groups excluding carboxylic acids is 1. The van der Waals surface area contributed by atoms with Crippen molar-refractivity contribution in [3.05, 3.63) is 28.3 Å². The minimum absolute atomic E-state index is 0.0561. The normalized spacial score (nSPS) is 18.0. The molecule has 0 bridgehead atoms. The summed E-state index contributed by atoms with van der Waals surface area (Å²) >= 11 is 0. The van der Waals surface area contributed by atoms with Gasteiger partial charge in [0, 0.05) is 55.7 Å². The van der Waals surface area contributed by atoms with E-state index >= 15 is 8.78 Å². The third kappa shape index (κ3) is 4.06. The minimum atomic E-state index is -3.38. The number of hydrogen-bond donors (Lipinski definition) is 4. The number of fused-ring (bicyclic) bond motifs is 1. The molecule has 2 aliphatic rings. The summed E-state index contributed by atoms with van der Waals surface area (Å²) in [4.78, 5) is 13.6. The molecule has 1 aliphatic heterocycles. The number of aryl methyl sites for hydroxylation is 1. The smallest absolute Gasteiger partial charge is 0.317 e. The minimum Gasteiger partial charge on any atom is -0.398 e. The number of nitrogens with one attached hydrogen (secondary N) is 2. The zero-order valence-electron chi connectivity index (χ0n) is 16.5. The van der Waals surface area contributed by atoms with Gasteiger partial charge in [-0.25, -0.2) is 13.6 Å². The second-order valence-electron chi connectivity index (χ2n) is 7.64. The van der Waals surface area contributed by atoms with E-state index in [1.165, 1.54) is 12.0 Å². The van der Waals surface area contributed by atoms with Gasteiger partial charge in [0.1, 0.15) is 6.10 Å². The molecule has 0 radical (unpaired) electrons. The molecule has 0 spiro atoms. The van der Waals surface area contributed by atoms with Crippen LogP contribution < -0.4 is 11.1 Å². The van der Waals surface area contributed by atoms with E-state index in [0.717, 1.165) is 18.2 Å². The number of nitrogens with two attached hydrogens (primary N) is 1. The van der Waals surface area contributed by atoms with E-state index in [-0.39, 0.29) is 43.2 Å². The molecule has 2 amide bonds.